The molecule has 18 heavy (non-hydrogen) atoms. The highest BCUT2D eigenvalue weighted by Crippen LogP contribution is 2.21. The molecule has 0 fully saturated rings. The van der Waals surface area contributed by atoms with Crippen LogP contribution in [0.15, 0.2) is 36.7 Å². The van der Waals surface area contributed by atoms with E-state index in [9.17, 15) is 4.39 Å². The number of rotatable bonds is 2. The van der Waals surface area contributed by atoms with Crippen LogP contribution in [0, 0.1) is 5.82 Å². The number of H-pyrrole nitrogens is 1. The first kappa shape index (κ1) is 11.2. The zero-order chi connectivity index (χ0) is 12.5. The Morgan fingerprint density at radius 1 is 1.17 bits per heavy atom. The van der Waals surface area contributed by atoms with Gasteiger partial charge in [-0.25, -0.2) is 14.4 Å². The summed E-state index contributed by atoms with van der Waals surface area (Å²) < 4.78 is 12.8. The van der Waals surface area contributed by atoms with Gasteiger partial charge in [0, 0.05) is 11.8 Å². The third kappa shape index (κ3) is 2.07. The fourth-order valence-electron chi connectivity index (χ4n) is 1.90. The van der Waals surface area contributed by atoms with Gasteiger partial charge in [-0.3, -0.25) is 0 Å². The second kappa shape index (κ2) is 4.38. The Kier molecular flexibility index (Phi) is 2.72. The lowest BCUT2D eigenvalue weighted by atomic mass is 10.1. The normalized spacial score (nSPS) is 11.0. The smallest absolute Gasteiger partial charge is 0.142 e. The first-order valence-electron chi connectivity index (χ1n) is 5.45. The third-order valence-electron chi connectivity index (χ3n) is 2.76. The van der Waals surface area contributed by atoms with Gasteiger partial charge in [0.15, 0.2) is 0 Å². The summed E-state index contributed by atoms with van der Waals surface area (Å²) in [5, 5.41) is 1.43. The zero-order valence-electron chi connectivity index (χ0n) is 9.32. The fraction of sp³-hybridized carbons (Fsp3) is 0.0769. The van der Waals surface area contributed by atoms with Gasteiger partial charge in [-0.15, -0.1) is 0 Å². The van der Waals surface area contributed by atoms with Crippen molar-refractivity contribution in [2.24, 2.45) is 0 Å². The van der Waals surface area contributed by atoms with Crippen molar-refractivity contribution in [3.8, 4) is 0 Å². The van der Waals surface area contributed by atoms with E-state index < -0.39 is 0 Å². The number of nitrogens with one attached hydrogen (secondary N) is 1. The molecule has 3 aromatic rings. The van der Waals surface area contributed by atoms with Crippen LogP contribution in [-0.4, -0.2) is 15.0 Å². The first-order chi connectivity index (χ1) is 8.72. The second-order valence-corrected chi connectivity index (χ2v) is 4.41. The first-order valence-corrected chi connectivity index (χ1v) is 5.83. The number of halogens is 2. The van der Waals surface area contributed by atoms with Crippen LogP contribution >= 0.6 is 11.6 Å². The summed E-state index contributed by atoms with van der Waals surface area (Å²) in [6.45, 7) is 0. The molecule has 3 nitrogen and oxygen atoms in total. The number of benzene rings is 1. The SMILES string of the molecule is Fc1ccc(Cc2ncnc3[nH]c(Cl)cc23)cc1. The molecule has 0 radical (unpaired) electrons. The lowest BCUT2D eigenvalue weighted by molar-refractivity contribution is 0.627. The molecule has 2 aromatic heterocycles. The van der Waals surface area contributed by atoms with Crippen molar-refractivity contribution in [2.75, 3.05) is 0 Å². The Morgan fingerprint density at radius 2 is 1.94 bits per heavy atom. The molecule has 3 rings (SSSR count). The maximum atomic E-state index is 12.8. The van der Waals surface area contributed by atoms with Gasteiger partial charge in [-0.05, 0) is 23.8 Å². The van der Waals surface area contributed by atoms with Gasteiger partial charge in [0.1, 0.15) is 22.9 Å². The van der Waals surface area contributed by atoms with Crippen LogP contribution in [0.3, 0.4) is 0 Å². The van der Waals surface area contributed by atoms with Gasteiger partial charge in [0.05, 0.1) is 5.69 Å². The van der Waals surface area contributed by atoms with Gasteiger partial charge in [-0.1, -0.05) is 23.7 Å². The van der Waals surface area contributed by atoms with Crippen molar-refractivity contribution in [3.05, 3.63) is 58.9 Å². The van der Waals surface area contributed by atoms with Crippen molar-refractivity contribution < 1.29 is 4.39 Å². The van der Waals surface area contributed by atoms with E-state index in [-0.39, 0.29) is 5.82 Å². The maximum absolute atomic E-state index is 12.8. The molecule has 90 valence electrons. The Labute approximate surface area is 108 Å². The highest BCUT2D eigenvalue weighted by atomic mass is 35.5. The van der Waals surface area contributed by atoms with Crippen molar-refractivity contribution >= 4 is 22.6 Å². The maximum Gasteiger partial charge on any atom is 0.142 e. The predicted molar refractivity (Wildman–Crippen MR) is 68.1 cm³/mol. The Balaban J connectivity index is 2.01. The van der Waals surface area contributed by atoms with Crippen LogP contribution in [0.2, 0.25) is 5.15 Å². The minimum atomic E-state index is -0.240. The lowest BCUT2D eigenvalue weighted by Gasteiger charge is -2.02. The third-order valence-corrected chi connectivity index (χ3v) is 2.96. The molecule has 0 saturated heterocycles. The lowest BCUT2D eigenvalue weighted by Crippen LogP contribution is -1.94. The highest BCUT2D eigenvalue weighted by Gasteiger charge is 2.07. The standard InChI is InChI=1S/C13H9ClFN3/c14-12-6-10-11(16-7-17-13(10)18-12)5-8-1-3-9(15)4-2-8/h1-4,6-7H,5H2,(H,16,17,18). The zero-order valence-corrected chi connectivity index (χ0v) is 10.1. The Hall–Kier alpha value is -1.94. The van der Waals surface area contributed by atoms with E-state index in [4.69, 9.17) is 11.6 Å². The van der Waals surface area contributed by atoms with Crippen LogP contribution in [0.4, 0.5) is 4.39 Å². The molecule has 0 atom stereocenters. The molecule has 0 spiro atoms. The number of fused-ring (bicyclic) bond motifs is 1. The van der Waals surface area contributed by atoms with Gasteiger partial charge < -0.3 is 4.98 Å². The molecular formula is C13H9ClFN3. The largest absolute Gasteiger partial charge is 0.330 e. The summed E-state index contributed by atoms with van der Waals surface area (Å²) in [4.78, 5) is 11.3. The summed E-state index contributed by atoms with van der Waals surface area (Å²) in [5.74, 6) is -0.240. The van der Waals surface area contributed by atoms with Crippen LogP contribution in [0.1, 0.15) is 11.3 Å². The molecule has 5 heteroatoms. The molecule has 0 aliphatic rings. The summed E-state index contributed by atoms with van der Waals surface area (Å²) in [7, 11) is 0. The van der Waals surface area contributed by atoms with E-state index in [1.54, 1.807) is 18.2 Å². The molecule has 0 unspecified atom stereocenters. The van der Waals surface area contributed by atoms with Crippen molar-refractivity contribution in [1.29, 1.82) is 0 Å². The van der Waals surface area contributed by atoms with E-state index in [2.05, 4.69) is 15.0 Å². The van der Waals surface area contributed by atoms with Crippen LogP contribution in [-0.2, 0) is 6.42 Å². The molecule has 0 aliphatic heterocycles. The second-order valence-electron chi connectivity index (χ2n) is 4.00. The number of nitrogens with zero attached hydrogens (tertiary/aromatic N) is 2. The van der Waals surface area contributed by atoms with Gasteiger partial charge in [-0.2, -0.15) is 0 Å². The quantitative estimate of drug-likeness (QED) is 0.769. The van der Waals surface area contributed by atoms with Crippen LogP contribution in [0.25, 0.3) is 11.0 Å². The number of hydrogen-bond acceptors (Lipinski definition) is 2. The van der Waals surface area contributed by atoms with Crippen molar-refractivity contribution in [1.82, 2.24) is 15.0 Å². The molecule has 1 aromatic carbocycles. The predicted octanol–water partition coefficient (Wildman–Crippen LogP) is 3.34. The topological polar surface area (TPSA) is 41.6 Å². The number of aromatic amines is 1. The summed E-state index contributed by atoms with van der Waals surface area (Å²) in [6, 6.07) is 8.18. The van der Waals surface area contributed by atoms with Gasteiger partial charge >= 0.3 is 0 Å². The van der Waals surface area contributed by atoms with Gasteiger partial charge in [0.2, 0.25) is 0 Å². The van der Waals surface area contributed by atoms with E-state index >= 15 is 0 Å². The Morgan fingerprint density at radius 3 is 2.72 bits per heavy atom. The monoisotopic (exact) mass is 261 g/mol. The molecule has 0 saturated carbocycles. The van der Waals surface area contributed by atoms with E-state index in [1.807, 2.05) is 0 Å². The average Bonchev–Trinajstić information content (AvgIpc) is 2.73. The van der Waals surface area contributed by atoms with E-state index in [0.29, 0.717) is 17.2 Å². The Bertz CT molecular complexity index is 691. The number of aromatic nitrogens is 3. The van der Waals surface area contributed by atoms with Crippen LogP contribution in [0.5, 0.6) is 0 Å². The van der Waals surface area contributed by atoms with Crippen LogP contribution < -0.4 is 0 Å². The minimum Gasteiger partial charge on any atom is -0.330 e. The summed E-state index contributed by atoms with van der Waals surface area (Å²) in [5.41, 5.74) is 2.58. The average molecular weight is 262 g/mol. The molecule has 0 aliphatic carbocycles. The summed E-state index contributed by atoms with van der Waals surface area (Å²) in [6.07, 6.45) is 2.11. The van der Waals surface area contributed by atoms with E-state index in [1.165, 1.54) is 18.5 Å². The molecular weight excluding hydrogens is 253 g/mol. The molecule has 0 amide bonds. The minimum absolute atomic E-state index is 0.240. The fourth-order valence-corrected chi connectivity index (χ4v) is 2.09. The molecule has 2 heterocycles. The van der Waals surface area contributed by atoms with Crippen molar-refractivity contribution in [3.63, 3.8) is 0 Å². The highest BCUT2D eigenvalue weighted by molar-refractivity contribution is 6.30. The summed E-state index contributed by atoms with van der Waals surface area (Å²) >= 11 is 5.91. The van der Waals surface area contributed by atoms with Gasteiger partial charge in [0.25, 0.3) is 0 Å². The number of hydrogen-bond donors (Lipinski definition) is 1. The molecule has 0 bridgehead atoms. The van der Waals surface area contributed by atoms with E-state index in [0.717, 1.165) is 16.6 Å². The molecule has 1 N–H and O–H groups in total. The van der Waals surface area contributed by atoms with Crippen molar-refractivity contribution in [2.45, 2.75) is 6.42 Å².